The van der Waals surface area contributed by atoms with Crippen LogP contribution in [-0.2, 0) is 0 Å². The highest BCUT2D eigenvalue weighted by Gasteiger charge is 2.09. The number of urea groups is 1. The lowest BCUT2D eigenvalue weighted by Gasteiger charge is -2.15. The maximum absolute atomic E-state index is 11.9. The first-order valence-corrected chi connectivity index (χ1v) is 7.44. The quantitative estimate of drug-likeness (QED) is 0.764. The molecule has 2 rings (SSSR count). The number of carbonyl (C=O) groups excluding carboxylic acids is 1. The van der Waals surface area contributed by atoms with Crippen LogP contribution in [0.4, 0.5) is 10.5 Å². The molecule has 1 aromatic heterocycles. The number of hydrogen-bond acceptors (Lipinski definition) is 4. The molecule has 0 bridgehead atoms. The van der Waals surface area contributed by atoms with Crippen LogP contribution < -0.4 is 15.4 Å². The molecule has 0 fully saturated rings. The lowest BCUT2D eigenvalue weighted by molar-refractivity contribution is 0.248. The molecule has 0 unspecified atom stereocenters. The molecule has 0 spiro atoms. The van der Waals surface area contributed by atoms with E-state index >= 15 is 0 Å². The summed E-state index contributed by atoms with van der Waals surface area (Å²) in [6.45, 7) is 5.71. The molecule has 0 radical (unpaired) electrons. The van der Waals surface area contributed by atoms with Crippen LogP contribution in [0.2, 0.25) is 0 Å². The zero-order chi connectivity index (χ0) is 16.5. The molecular weight excluding hydrogens is 292 g/mol. The van der Waals surface area contributed by atoms with E-state index in [-0.39, 0.29) is 18.1 Å². The topological polar surface area (TPSA) is 76.1 Å². The van der Waals surface area contributed by atoms with Crippen molar-refractivity contribution in [1.82, 2.24) is 15.3 Å². The van der Waals surface area contributed by atoms with Crippen LogP contribution in [0.25, 0.3) is 0 Å². The van der Waals surface area contributed by atoms with Crippen LogP contribution in [0.1, 0.15) is 19.8 Å². The molecule has 1 aromatic carbocycles. The summed E-state index contributed by atoms with van der Waals surface area (Å²) in [7, 11) is 0. The monoisotopic (exact) mass is 312 g/mol. The Labute approximate surface area is 135 Å². The normalized spacial score (nSPS) is 11.3. The van der Waals surface area contributed by atoms with E-state index in [0.29, 0.717) is 11.4 Å². The predicted octanol–water partition coefficient (Wildman–Crippen LogP) is 3.75. The van der Waals surface area contributed by atoms with E-state index in [1.807, 2.05) is 6.92 Å². The minimum Gasteiger partial charge on any atom is -0.424 e. The Morgan fingerprint density at radius 2 is 2.00 bits per heavy atom. The molecule has 23 heavy (non-hydrogen) atoms. The van der Waals surface area contributed by atoms with Gasteiger partial charge in [0.1, 0.15) is 5.75 Å². The first kappa shape index (κ1) is 16.5. The largest absolute Gasteiger partial charge is 0.424 e. The maximum Gasteiger partial charge on any atom is 0.321 e. The number of amides is 2. The Morgan fingerprint density at radius 3 is 2.61 bits per heavy atom. The van der Waals surface area contributed by atoms with Gasteiger partial charge in [0.2, 0.25) is 0 Å². The van der Waals surface area contributed by atoms with Crippen LogP contribution in [0.5, 0.6) is 11.8 Å². The molecule has 6 nitrogen and oxygen atoms in total. The highest BCUT2D eigenvalue weighted by Crippen LogP contribution is 2.19. The molecule has 0 aliphatic heterocycles. The van der Waals surface area contributed by atoms with Crippen LogP contribution in [0.3, 0.4) is 0 Å². The highest BCUT2D eigenvalue weighted by molar-refractivity contribution is 5.89. The van der Waals surface area contributed by atoms with Gasteiger partial charge in [0, 0.05) is 24.1 Å². The molecule has 0 saturated carbocycles. The van der Waals surface area contributed by atoms with E-state index in [9.17, 15) is 4.79 Å². The molecular formula is C17H20N4O2. The van der Waals surface area contributed by atoms with Crippen molar-refractivity contribution in [2.75, 3.05) is 5.32 Å². The Balaban J connectivity index is 1.89. The lowest BCUT2D eigenvalue weighted by Crippen LogP contribution is -2.37. The third-order valence-corrected chi connectivity index (χ3v) is 3.14. The van der Waals surface area contributed by atoms with Crippen LogP contribution in [0, 0.1) is 0 Å². The molecule has 2 aromatic rings. The van der Waals surface area contributed by atoms with Gasteiger partial charge in [-0.25, -0.2) is 14.8 Å². The average Bonchev–Trinajstić information content (AvgIpc) is 2.57. The van der Waals surface area contributed by atoms with E-state index in [4.69, 9.17) is 4.74 Å². The molecule has 1 atom stereocenters. The summed E-state index contributed by atoms with van der Waals surface area (Å²) in [5.74, 6) is 0.597. The molecule has 0 saturated heterocycles. The predicted molar refractivity (Wildman–Crippen MR) is 89.6 cm³/mol. The number of anilines is 1. The van der Waals surface area contributed by atoms with Crippen molar-refractivity contribution in [1.29, 1.82) is 0 Å². The van der Waals surface area contributed by atoms with Crippen molar-refractivity contribution in [3.63, 3.8) is 0 Å². The smallest absolute Gasteiger partial charge is 0.321 e. The van der Waals surface area contributed by atoms with E-state index in [2.05, 4.69) is 27.2 Å². The molecule has 120 valence electrons. The van der Waals surface area contributed by atoms with Gasteiger partial charge in [0.15, 0.2) is 0 Å². The molecule has 0 aliphatic carbocycles. The van der Waals surface area contributed by atoms with Crippen molar-refractivity contribution < 1.29 is 9.53 Å². The summed E-state index contributed by atoms with van der Waals surface area (Å²) in [6, 6.07) is 8.85. The van der Waals surface area contributed by atoms with Crippen LogP contribution >= 0.6 is 0 Å². The fourth-order valence-electron chi connectivity index (χ4n) is 1.93. The third kappa shape index (κ3) is 5.43. The van der Waals surface area contributed by atoms with Gasteiger partial charge in [-0.1, -0.05) is 13.0 Å². The number of benzene rings is 1. The van der Waals surface area contributed by atoms with Crippen LogP contribution in [0.15, 0.2) is 55.4 Å². The fourth-order valence-corrected chi connectivity index (χ4v) is 1.93. The molecule has 0 aliphatic rings. The highest BCUT2D eigenvalue weighted by atomic mass is 16.5. The second kappa shape index (κ2) is 8.53. The van der Waals surface area contributed by atoms with Crippen molar-refractivity contribution in [2.24, 2.45) is 0 Å². The lowest BCUT2D eigenvalue weighted by atomic mass is 10.1. The van der Waals surface area contributed by atoms with Crippen LogP contribution in [-0.4, -0.2) is 22.0 Å². The standard InChI is InChI=1S/C17H20N4O2/c1-3-6-13(4-2)20-16(22)21-14-7-9-15(10-8-14)23-17-18-11-5-12-19-17/h3,5,7-13H,1,4,6H2,2H3,(H2,20,21,22)/t13-/m1/s1. The molecule has 2 amide bonds. The first-order chi connectivity index (χ1) is 11.2. The summed E-state index contributed by atoms with van der Waals surface area (Å²) in [5.41, 5.74) is 0.678. The maximum atomic E-state index is 11.9. The van der Waals surface area contributed by atoms with E-state index in [1.54, 1.807) is 48.8 Å². The SMILES string of the molecule is C=CC[C@@H](CC)NC(=O)Nc1ccc(Oc2ncccn2)cc1. The summed E-state index contributed by atoms with van der Waals surface area (Å²) >= 11 is 0. The first-order valence-electron chi connectivity index (χ1n) is 7.44. The molecule has 6 heteroatoms. The van der Waals surface area contributed by atoms with Gasteiger partial charge >= 0.3 is 12.0 Å². The summed E-state index contributed by atoms with van der Waals surface area (Å²) in [6.07, 6.45) is 6.61. The number of nitrogens with zero attached hydrogens (tertiary/aromatic N) is 2. The number of aromatic nitrogens is 2. The Bertz CT molecular complexity index is 629. The number of carbonyl (C=O) groups is 1. The minimum absolute atomic E-state index is 0.0883. The number of nitrogens with one attached hydrogen (secondary N) is 2. The van der Waals surface area contributed by atoms with Crippen molar-refractivity contribution in [3.8, 4) is 11.8 Å². The Hall–Kier alpha value is -2.89. The average molecular weight is 312 g/mol. The van der Waals surface area contributed by atoms with Gasteiger partial charge in [-0.05, 0) is 43.2 Å². The van der Waals surface area contributed by atoms with Gasteiger partial charge in [0.05, 0.1) is 0 Å². The number of ether oxygens (including phenoxy) is 1. The van der Waals surface area contributed by atoms with Gasteiger partial charge in [-0.15, -0.1) is 6.58 Å². The second-order valence-electron chi connectivity index (χ2n) is 4.89. The van der Waals surface area contributed by atoms with Gasteiger partial charge in [-0.2, -0.15) is 0 Å². The van der Waals surface area contributed by atoms with E-state index in [1.165, 1.54) is 0 Å². The molecule has 1 heterocycles. The zero-order valence-electron chi connectivity index (χ0n) is 13.0. The fraction of sp³-hybridized carbons (Fsp3) is 0.235. The summed E-state index contributed by atoms with van der Waals surface area (Å²) < 4.78 is 5.49. The summed E-state index contributed by atoms with van der Waals surface area (Å²) in [5, 5.41) is 5.68. The number of hydrogen-bond donors (Lipinski definition) is 2. The Kier molecular flexibility index (Phi) is 6.11. The van der Waals surface area contributed by atoms with Crippen molar-refractivity contribution in [2.45, 2.75) is 25.8 Å². The number of rotatable bonds is 7. The minimum atomic E-state index is -0.237. The van der Waals surface area contributed by atoms with E-state index in [0.717, 1.165) is 12.8 Å². The molecule has 2 N–H and O–H groups in total. The summed E-state index contributed by atoms with van der Waals surface area (Å²) in [4.78, 5) is 19.9. The van der Waals surface area contributed by atoms with Crippen molar-refractivity contribution >= 4 is 11.7 Å². The van der Waals surface area contributed by atoms with Gasteiger partial charge < -0.3 is 15.4 Å². The van der Waals surface area contributed by atoms with Gasteiger partial charge in [-0.3, -0.25) is 0 Å². The Morgan fingerprint density at radius 1 is 1.30 bits per heavy atom. The zero-order valence-corrected chi connectivity index (χ0v) is 13.0. The van der Waals surface area contributed by atoms with Gasteiger partial charge in [0.25, 0.3) is 0 Å². The third-order valence-electron chi connectivity index (χ3n) is 3.14. The van der Waals surface area contributed by atoms with E-state index < -0.39 is 0 Å². The second-order valence-corrected chi connectivity index (χ2v) is 4.89. The van der Waals surface area contributed by atoms with Crippen molar-refractivity contribution in [3.05, 3.63) is 55.4 Å².